The van der Waals surface area contributed by atoms with Crippen LogP contribution in [0.25, 0.3) is 6.08 Å². The third-order valence-corrected chi connectivity index (χ3v) is 4.22. The number of nitriles is 1. The zero-order chi connectivity index (χ0) is 22.8. The highest BCUT2D eigenvalue weighted by molar-refractivity contribution is 6.10. The molecular formula is C24H26N2O5. The van der Waals surface area contributed by atoms with E-state index < -0.39 is 11.9 Å². The largest absolute Gasteiger partial charge is 0.490 e. The van der Waals surface area contributed by atoms with E-state index in [4.69, 9.17) is 14.2 Å². The van der Waals surface area contributed by atoms with E-state index in [0.29, 0.717) is 29.4 Å². The maximum Gasteiger partial charge on any atom is 0.344 e. The van der Waals surface area contributed by atoms with E-state index in [9.17, 15) is 14.9 Å². The topological polar surface area (TPSA) is 97.7 Å². The highest BCUT2D eigenvalue weighted by atomic mass is 16.6. The fourth-order valence-electron chi connectivity index (χ4n) is 2.80. The molecule has 1 amide bonds. The Labute approximate surface area is 182 Å². The third-order valence-electron chi connectivity index (χ3n) is 4.22. The third kappa shape index (κ3) is 6.89. The van der Waals surface area contributed by atoms with E-state index in [-0.39, 0.29) is 18.8 Å². The molecule has 0 aromatic heterocycles. The maximum absolute atomic E-state index is 12.6. The molecule has 31 heavy (non-hydrogen) atoms. The van der Waals surface area contributed by atoms with Gasteiger partial charge in [-0.05, 0) is 63.1 Å². The lowest BCUT2D eigenvalue weighted by Gasteiger charge is -2.12. The van der Waals surface area contributed by atoms with Gasteiger partial charge in [0.05, 0.1) is 13.2 Å². The lowest BCUT2D eigenvalue weighted by atomic mass is 10.1. The number of carbonyl (C=O) groups is 2. The molecule has 2 aromatic rings. The zero-order valence-electron chi connectivity index (χ0n) is 18.2. The first-order chi connectivity index (χ1) is 14.9. The molecule has 0 spiro atoms. The molecule has 2 rings (SSSR count). The Morgan fingerprint density at radius 1 is 1.03 bits per heavy atom. The molecule has 7 heteroatoms. The van der Waals surface area contributed by atoms with Crippen LogP contribution in [0, 0.1) is 25.2 Å². The number of rotatable bonds is 9. The molecule has 0 radical (unpaired) electrons. The van der Waals surface area contributed by atoms with Crippen LogP contribution >= 0.6 is 0 Å². The molecule has 162 valence electrons. The van der Waals surface area contributed by atoms with Gasteiger partial charge in [-0.3, -0.25) is 4.79 Å². The van der Waals surface area contributed by atoms with Crippen molar-refractivity contribution in [3.63, 3.8) is 0 Å². The van der Waals surface area contributed by atoms with Crippen LogP contribution in [0.15, 0.2) is 42.0 Å². The number of nitrogens with one attached hydrogen (secondary N) is 1. The number of nitrogens with zero attached hydrogens (tertiary/aromatic N) is 1. The van der Waals surface area contributed by atoms with E-state index in [1.54, 1.807) is 31.2 Å². The average molecular weight is 422 g/mol. The summed E-state index contributed by atoms with van der Waals surface area (Å²) in [6.45, 7) is 7.79. The van der Waals surface area contributed by atoms with Crippen LogP contribution in [0.4, 0.5) is 5.69 Å². The zero-order valence-corrected chi connectivity index (χ0v) is 18.2. The highest BCUT2D eigenvalue weighted by Gasteiger charge is 2.13. The molecule has 0 fully saturated rings. The smallest absolute Gasteiger partial charge is 0.344 e. The standard InChI is InChI=1S/C24H26N2O5/c1-5-29-22-13-18(8-10-21(22)31-15-23(27)30-6-2)12-19(14-25)24(28)26-20-9-7-16(3)11-17(20)4/h7-13H,5-6,15H2,1-4H3,(H,26,28)/b19-12+. The molecule has 0 atom stereocenters. The molecule has 0 saturated carbocycles. The molecule has 0 aliphatic carbocycles. The van der Waals surface area contributed by atoms with E-state index in [1.165, 1.54) is 6.08 Å². The second-order valence-corrected chi connectivity index (χ2v) is 6.68. The number of amides is 1. The van der Waals surface area contributed by atoms with Crippen LogP contribution in [0.3, 0.4) is 0 Å². The number of hydrogen-bond donors (Lipinski definition) is 1. The predicted octanol–water partition coefficient (Wildman–Crippen LogP) is 4.19. The van der Waals surface area contributed by atoms with Crippen LogP contribution in [0.5, 0.6) is 11.5 Å². The second-order valence-electron chi connectivity index (χ2n) is 6.68. The van der Waals surface area contributed by atoms with Gasteiger partial charge >= 0.3 is 5.97 Å². The van der Waals surface area contributed by atoms with Crippen molar-refractivity contribution in [1.82, 2.24) is 0 Å². The molecule has 7 nitrogen and oxygen atoms in total. The van der Waals surface area contributed by atoms with Gasteiger partial charge in [-0.1, -0.05) is 23.8 Å². The Balaban J connectivity index is 2.22. The molecule has 0 aliphatic heterocycles. The number of ether oxygens (including phenoxy) is 3. The summed E-state index contributed by atoms with van der Waals surface area (Å²) < 4.78 is 15.9. The van der Waals surface area contributed by atoms with Gasteiger partial charge in [-0.15, -0.1) is 0 Å². The van der Waals surface area contributed by atoms with Crippen LogP contribution in [-0.4, -0.2) is 31.7 Å². The summed E-state index contributed by atoms with van der Waals surface area (Å²) in [4.78, 5) is 24.1. The lowest BCUT2D eigenvalue weighted by molar-refractivity contribution is -0.145. The summed E-state index contributed by atoms with van der Waals surface area (Å²) in [6, 6.07) is 12.5. The van der Waals surface area contributed by atoms with Gasteiger partial charge < -0.3 is 19.5 Å². The minimum Gasteiger partial charge on any atom is -0.490 e. The number of hydrogen-bond acceptors (Lipinski definition) is 6. The first kappa shape index (κ1) is 23.5. The average Bonchev–Trinajstić information content (AvgIpc) is 2.73. The van der Waals surface area contributed by atoms with E-state index in [2.05, 4.69) is 5.32 Å². The van der Waals surface area contributed by atoms with Crippen molar-refractivity contribution in [1.29, 1.82) is 5.26 Å². The van der Waals surface area contributed by atoms with Gasteiger partial charge in [0, 0.05) is 5.69 Å². The Hall–Kier alpha value is -3.79. The molecule has 1 N–H and O–H groups in total. The quantitative estimate of drug-likeness (QED) is 0.370. The van der Waals surface area contributed by atoms with E-state index >= 15 is 0 Å². The normalized spacial score (nSPS) is 10.7. The SMILES string of the molecule is CCOC(=O)COc1ccc(/C=C(\C#N)C(=O)Nc2ccc(C)cc2C)cc1OCC. The number of esters is 1. The van der Waals surface area contributed by atoms with Crippen molar-refractivity contribution in [2.24, 2.45) is 0 Å². The summed E-state index contributed by atoms with van der Waals surface area (Å²) in [5.74, 6) is -0.225. The van der Waals surface area contributed by atoms with E-state index in [1.807, 2.05) is 39.0 Å². The molecule has 0 bridgehead atoms. The second kappa shape index (κ2) is 11.4. The van der Waals surface area contributed by atoms with Crippen molar-refractivity contribution in [3.8, 4) is 17.6 Å². The molecule has 0 saturated heterocycles. The van der Waals surface area contributed by atoms with Crippen molar-refractivity contribution < 1.29 is 23.8 Å². The van der Waals surface area contributed by atoms with Gasteiger partial charge in [0.1, 0.15) is 11.6 Å². The Morgan fingerprint density at radius 3 is 2.45 bits per heavy atom. The number of anilines is 1. The Bertz CT molecular complexity index is 1020. The van der Waals surface area contributed by atoms with Crippen molar-refractivity contribution in [2.45, 2.75) is 27.7 Å². The van der Waals surface area contributed by atoms with Gasteiger partial charge in [-0.2, -0.15) is 5.26 Å². The number of benzene rings is 2. The number of carbonyl (C=O) groups excluding carboxylic acids is 2. The molecular weight excluding hydrogens is 396 g/mol. The molecule has 0 aliphatic rings. The molecule has 2 aromatic carbocycles. The first-order valence-corrected chi connectivity index (χ1v) is 9.93. The highest BCUT2D eigenvalue weighted by Crippen LogP contribution is 2.29. The Morgan fingerprint density at radius 2 is 1.81 bits per heavy atom. The van der Waals surface area contributed by atoms with Crippen LogP contribution in [0.1, 0.15) is 30.5 Å². The summed E-state index contributed by atoms with van der Waals surface area (Å²) >= 11 is 0. The molecule has 0 heterocycles. The van der Waals surface area contributed by atoms with Crippen LogP contribution in [0.2, 0.25) is 0 Å². The van der Waals surface area contributed by atoms with Crippen LogP contribution in [-0.2, 0) is 14.3 Å². The minimum absolute atomic E-state index is 0.0531. The first-order valence-electron chi connectivity index (χ1n) is 9.93. The van der Waals surface area contributed by atoms with Gasteiger partial charge in [-0.25, -0.2) is 4.79 Å². The fourth-order valence-corrected chi connectivity index (χ4v) is 2.80. The Kier molecular flexibility index (Phi) is 8.64. The van der Waals surface area contributed by atoms with Crippen molar-refractivity contribution in [2.75, 3.05) is 25.1 Å². The minimum atomic E-state index is -0.505. The van der Waals surface area contributed by atoms with Gasteiger partial charge in [0.15, 0.2) is 18.1 Å². The molecule has 0 unspecified atom stereocenters. The predicted molar refractivity (Wildman–Crippen MR) is 118 cm³/mol. The van der Waals surface area contributed by atoms with Gasteiger partial charge in [0.2, 0.25) is 0 Å². The fraction of sp³-hybridized carbons (Fsp3) is 0.292. The van der Waals surface area contributed by atoms with E-state index in [0.717, 1.165) is 11.1 Å². The monoisotopic (exact) mass is 422 g/mol. The number of aryl methyl sites for hydroxylation is 2. The maximum atomic E-state index is 12.6. The van der Waals surface area contributed by atoms with Gasteiger partial charge in [0.25, 0.3) is 5.91 Å². The van der Waals surface area contributed by atoms with Crippen molar-refractivity contribution in [3.05, 3.63) is 58.7 Å². The summed E-state index contributed by atoms with van der Waals surface area (Å²) in [6.07, 6.45) is 1.47. The summed E-state index contributed by atoms with van der Waals surface area (Å²) in [5.41, 5.74) is 3.17. The lowest BCUT2D eigenvalue weighted by Crippen LogP contribution is -2.15. The van der Waals surface area contributed by atoms with Crippen molar-refractivity contribution >= 4 is 23.6 Å². The van der Waals surface area contributed by atoms with Crippen LogP contribution < -0.4 is 14.8 Å². The summed E-state index contributed by atoms with van der Waals surface area (Å²) in [5, 5.41) is 12.3. The summed E-state index contributed by atoms with van der Waals surface area (Å²) in [7, 11) is 0.